The van der Waals surface area contributed by atoms with Crippen LogP contribution in [0.1, 0.15) is 31.9 Å². The molecule has 0 unspecified atom stereocenters. The first-order chi connectivity index (χ1) is 9.39. The number of carbonyl (C=O) groups excluding carboxylic acids is 2. The van der Waals surface area contributed by atoms with Crippen molar-refractivity contribution in [3.05, 3.63) is 35.4 Å². The summed E-state index contributed by atoms with van der Waals surface area (Å²) in [5, 5.41) is 0. The van der Waals surface area contributed by atoms with E-state index in [4.69, 9.17) is 4.74 Å². The maximum Gasteiger partial charge on any atom is 0.330 e. The van der Waals surface area contributed by atoms with Gasteiger partial charge in [0.25, 0.3) is 0 Å². The Bertz CT molecular complexity index is 587. The molecule has 1 heterocycles. The molecular formula is C16H19NO3. The number of para-hydroxylation sites is 1. The van der Waals surface area contributed by atoms with Crippen LogP contribution in [0, 0.1) is 0 Å². The first kappa shape index (κ1) is 14.3. The summed E-state index contributed by atoms with van der Waals surface area (Å²) in [6.45, 7) is 5.94. The van der Waals surface area contributed by atoms with Crippen molar-refractivity contribution in [2.45, 2.75) is 26.2 Å². The Morgan fingerprint density at radius 1 is 1.40 bits per heavy atom. The molecule has 1 aromatic carbocycles. The van der Waals surface area contributed by atoms with E-state index in [0.29, 0.717) is 6.61 Å². The minimum atomic E-state index is -0.530. The lowest BCUT2D eigenvalue weighted by atomic mass is 9.85. The molecule has 4 heteroatoms. The highest BCUT2D eigenvalue weighted by atomic mass is 16.5. The van der Waals surface area contributed by atoms with Crippen LogP contribution in [-0.4, -0.2) is 25.5 Å². The second kappa shape index (κ2) is 5.12. The molecule has 0 aromatic heterocycles. The fraction of sp³-hybridized carbons (Fsp3) is 0.375. The molecule has 1 amide bonds. The molecule has 1 aliphatic heterocycles. The van der Waals surface area contributed by atoms with E-state index in [1.54, 1.807) is 24.9 Å². The molecule has 0 atom stereocenters. The van der Waals surface area contributed by atoms with Crippen molar-refractivity contribution in [2.75, 3.05) is 18.6 Å². The monoisotopic (exact) mass is 273 g/mol. The summed E-state index contributed by atoms with van der Waals surface area (Å²) < 4.78 is 4.87. The van der Waals surface area contributed by atoms with Gasteiger partial charge in [-0.1, -0.05) is 18.2 Å². The number of fused-ring (bicyclic) bond motifs is 1. The summed E-state index contributed by atoms with van der Waals surface area (Å²) in [5.41, 5.74) is 2.16. The molecule has 0 radical (unpaired) electrons. The van der Waals surface area contributed by atoms with E-state index in [1.165, 1.54) is 6.08 Å². The van der Waals surface area contributed by atoms with Crippen molar-refractivity contribution in [2.24, 2.45) is 0 Å². The fourth-order valence-corrected chi connectivity index (χ4v) is 2.56. The van der Waals surface area contributed by atoms with Crippen LogP contribution >= 0.6 is 0 Å². The standard InChI is InChI=1S/C16H19NO3/c1-5-20-13(18)10-9-11-7-6-8-12-14(11)17(4)15(19)16(12,2)3/h6-10H,5H2,1-4H3. The zero-order valence-electron chi connectivity index (χ0n) is 12.3. The van der Waals surface area contributed by atoms with Gasteiger partial charge in [-0.25, -0.2) is 4.79 Å². The Morgan fingerprint density at radius 3 is 2.75 bits per heavy atom. The van der Waals surface area contributed by atoms with Crippen LogP contribution in [-0.2, 0) is 19.7 Å². The summed E-state index contributed by atoms with van der Waals surface area (Å²) in [5.74, 6) is -0.319. The largest absolute Gasteiger partial charge is 0.463 e. The Balaban J connectivity index is 2.43. The van der Waals surface area contributed by atoms with Crippen molar-refractivity contribution < 1.29 is 14.3 Å². The zero-order valence-corrected chi connectivity index (χ0v) is 12.3. The van der Waals surface area contributed by atoms with Gasteiger partial charge < -0.3 is 9.64 Å². The molecule has 0 spiro atoms. The predicted molar refractivity (Wildman–Crippen MR) is 78.5 cm³/mol. The van der Waals surface area contributed by atoms with Gasteiger partial charge in [0.1, 0.15) is 0 Å². The Labute approximate surface area is 119 Å². The van der Waals surface area contributed by atoms with Crippen LogP contribution in [0.5, 0.6) is 0 Å². The summed E-state index contributed by atoms with van der Waals surface area (Å²) in [7, 11) is 1.76. The molecule has 0 fully saturated rings. The van der Waals surface area contributed by atoms with Crippen LogP contribution in [0.25, 0.3) is 6.08 Å². The van der Waals surface area contributed by atoms with Crippen molar-refractivity contribution >= 4 is 23.6 Å². The Morgan fingerprint density at radius 2 is 2.10 bits per heavy atom. The van der Waals surface area contributed by atoms with Gasteiger partial charge in [0.05, 0.1) is 17.7 Å². The quantitative estimate of drug-likeness (QED) is 0.628. The van der Waals surface area contributed by atoms with Crippen LogP contribution in [0.3, 0.4) is 0 Å². The topological polar surface area (TPSA) is 46.6 Å². The summed E-state index contributed by atoms with van der Waals surface area (Å²) in [6, 6.07) is 5.75. The molecule has 1 aliphatic rings. The number of anilines is 1. The van der Waals surface area contributed by atoms with Crippen LogP contribution < -0.4 is 4.90 Å². The van der Waals surface area contributed by atoms with E-state index in [2.05, 4.69) is 0 Å². The molecule has 20 heavy (non-hydrogen) atoms. The number of amides is 1. The SMILES string of the molecule is CCOC(=O)C=Cc1cccc2c1N(C)C(=O)C2(C)C. The molecule has 2 rings (SSSR count). The van der Waals surface area contributed by atoms with Gasteiger partial charge in [0.2, 0.25) is 5.91 Å². The number of ether oxygens (including phenoxy) is 1. The third-order valence-corrected chi connectivity index (χ3v) is 3.60. The Kier molecular flexibility index (Phi) is 3.66. The number of hydrogen-bond acceptors (Lipinski definition) is 3. The molecule has 0 bridgehead atoms. The van der Waals surface area contributed by atoms with E-state index >= 15 is 0 Å². The minimum Gasteiger partial charge on any atom is -0.463 e. The van der Waals surface area contributed by atoms with Crippen molar-refractivity contribution in [1.29, 1.82) is 0 Å². The van der Waals surface area contributed by atoms with Crippen LogP contribution in [0.4, 0.5) is 5.69 Å². The molecule has 106 valence electrons. The lowest BCUT2D eigenvalue weighted by Crippen LogP contribution is -2.33. The number of carbonyl (C=O) groups is 2. The number of benzene rings is 1. The van der Waals surface area contributed by atoms with E-state index < -0.39 is 5.41 Å². The first-order valence-electron chi connectivity index (χ1n) is 6.66. The normalized spacial score (nSPS) is 16.6. The number of likely N-dealkylation sites (N-methyl/N-ethyl adjacent to an activating group) is 1. The maximum absolute atomic E-state index is 12.3. The predicted octanol–water partition coefficient (Wildman–Crippen LogP) is 2.52. The molecular weight excluding hydrogens is 254 g/mol. The minimum absolute atomic E-state index is 0.0597. The van der Waals surface area contributed by atoms with Crippen LogP contribution in [0.15, 0.2) is 24.3 Å². The highest BCUT2D eigenvalue weighted by Crippen LogP contribution is 2.42. The third kappa shape index (κ3) is 2.22. The lowest BCUT2D eigenvalue weighted by Gasteiger charge is -2.16. The molecule has 0 N–H and O–H groups in total. The van der Waals surface area contributed by atoms with Gasteiger partial charge in [0, 0.05) is 13.1 Å². The number of rotatable bonds is 3. The van der Waals surface area contributed by atoms with E-state index in [-0.39, 0.29) is 11.9 Å². The zero-order chi connectivity index (χ0) is 14.9. The van der Waals surface area contributed by atoms with Gasteiger partial charge >= 0.3 is 5.97 Å². The van der Waals surface area contributed by atoms with Gasteiger partial charge in [-0.2, -0.15) is 0 Å². The van der Waals surface area contributed by atoms with Crippen molar-refractivity contribution in [3.63, 3.8) is 0 Å². The molecule has 0 saturated heterocycles. The highest BCUT2D eigenvalue weighted by Gasteiger charge is 2.42. The lowest BCUT2D eigenvalue weighted by molar-refractivity contribution is -0.137. The van der Waals surface area contributed by atoms with Gasteiger partial charge in [-0.15, -0.1) is 0 Å². The average molecular weight is 273 g/mol. The van der Waals surface area contributed by atoms with Gasteiger partial charge in [0.15, 0.2) is 0 Å². The molecule has 0 saturated carbocycles. The second-order valence-corrected chi connectivity index (χ2v) is 5.32. The van der Waals surface area contributed by atoms with E-state index in [0.717, 1.165) is 16.8 Å². The third-order valence-electron chi connectivity index (χ3n) is 3.60. The van der Waals surface area contributed by atoms with E-state index in [9.17, 15) is 9.59 Å². The fourth-order valence-electron chi connectivity index (χ4n) is 2.56. The average Bonchev–Trinajstić information content (AvgIpc) is 2.59. The summed E-state index contributed by atoms with van der Waals surface area (Å²) in [4.78, 5) is 25.3. The molecule has 0 aliphatic carbocycles. The smallest absolute Gasteiger partial charge is 0.330 e. The van der Waals surface area contributed by atoms with Crippen LogP contribution in [0.2, 0.25) is 0 Å². The number of nitrogens with zero attached hydrogens (tertiary/aromatic N) is 1. The number of esters is 1. The van der Waals surface area contributed by atoms with Gasteiger partial charge in [-0.05, 0) is 38.0 Å². The molecule has 4 nitrogen and oxygen atoms in total. The number of hydrogen-bond donors (Lipinski definition) is 0. The Hall–Kier alpha value is -2.10. The maximum atomic E-state index is 12.3. The van der Waals surface area contributed by atoms with Crippen molar-refractivity contribution in [3.8, 4) is 0 Å². The second-order valence-electron chi connectivity index (χ2n) is 5.32. The summed E-state index contributed by atoms with van der Waals surface area (Å²) in [6.07, 6.45) is 3.09. The van der Waals surface area contributed by atoms with E-state index in [1.807, 2.05) is 32.0 Å². The van der Waals surface area contributed by atoms with Gasteiger partial charge in [-0.3, -0.25) is 4.79 Å². The molecule has 1 aromatic rings. The first-order valence-corrected chi connectivity index (χ1v) is 6.66. The summed E-state index contributed by atoms with van der Waals surface area (Å²) >= 11 is 0. The highest BCUT2D eigenvalue weighted by molar-refractivity contribution is 6.09. The van der Waals surface area contributed by atoms with Crippen molar-refractivity contribution in [1.82, 2.24) is 0 Å².